The first-order valence-corrected chi connectivity index (χ1v) is 11.3. The molecule has 3 aliphatic rings. The maximum atomic E-state index is 13.2. The highest BCUT2D eigenvalue weighted by molar-refractivity contribution is 7.92. The molecule has 6 heteroatoms. The summed E-state index contributed by atoms with van der Waals surface area (Å²) in [5, 5.41) is 0. The predicted octanol–water partition coefficient (Wildman–Crippen LogP) is 3.40. The van der Waals surface area contributed by atoms with Gasteiger partial charge in [-0.15, -0.1) is 0 Å². The minimum absolute atomic E-state index is 0.0541. The van der Waals surface area contributed by atoms with Crippen molar-refractivity contribution >= 4 is 32.9 Å². The van der Waals surface area contributed by atoms with Crippen LogP contribution in [0.3, 0.4) is 0 Å². The summed E-state index contributed by atoms with van der Waals surface area (Å²) in [4.78, 5) is 27.8. The van der Waals surface area contributed by atoms with Crippen LogP contribution in [0.15, 0.2) is 48.5 Å². The van der Waals surface area contributed by atoms with Crippen molar-refractivity contribution in [2.45, 2.75) is 31.6 Å². The maximum absolute atomic E-state index is 13.2. The second-order valence-corrected chi connectivity index (χ2v) is 10.8. The number of rotatable bonds is 4. The highest BCUT2D eigenvalue weighted by atomic mass is 32.2. The summed E-state index contributed by atoms with van der Waals surface area (Å²) >= 11 is 0. The van der Waals surface area contributed by atoms with Crippen molar-refractivity contribution in [3.8, 4) is 0 Å². The highest BCUT2D eigenvalue weighted by Crippen LogP contribution is 2.59. The number of benzene rings is 2. The molecule has 2 heterocycles. The van der Waals surface area contributed by atoms with E-state index in [0.717, 1.165) is 29.8 Å². The van der Waals surface area contributed by atoms with E-state index < -0.39 is 20.7 Å². The molecule has 0 radical (unpaired) electrons. The lowest BCUT2D eigenvalue weighted by atomic mass is 9.85. The lowest BCUT2D eigenvalue weighted by Crippen LogP contribution is -2.47. The molecule has 2 aliphatic heterocycles. The largest absolute Gasteiger partial charge is 0.294 e. The van der Waals surface area contributed by atoms with E-state index in [1.54, 1.807) is 11.0 Å². The smallest absolute Gasteiger partial charge is 0.242 e. The summed E-state index contributed by atoms with van der Waals surface area (Å²) in [6, 6.07) is 15.1. The van der Waals surface area contributed by atoms with E-state index in [-0.39, 0.29) is 29.6 Å². The van der Waals surface area contributed by atoms with Gasteiger partial charge in [0.15, 0.2) is 15.6 Å². The second kappa shape index (κ2) is 5.54. The number of nitrogens with zero attached hydrogens (tertiary/aromatic N) is 1. The molecular formula is C22H21NO4S. The Balaban J connectivity index is 1.48. The van der Waals surface area contributed by atoms with Crippen molar-refractivity contribution in [2.75, 3.05) is 16.4 Å². The zero-order chi connectivity index (χ0) is 19.7. The van der Waals surface area contributed by atoms with Gasteiger partial charge in [0.2, 0.25) is 5.91 Å². The summed E-state index contributed by atoms with van der Waals surface area (Å²) in [6.45, 7) is 1.85. The molecule has 1 aliphatic carbocycles. The third-order valence-electron chi connectivity index (χ3n) is 6.18. The van der Waals surface area contributed by atoms with E-state index in [9.17, 15) is 18.0 Å². The number of Topliss-reactive ketones (excluding diaryl/α,β-unsaturated/α-hetero) is 1. The molecule has 1 spiro atoms. The van der Waals surface area contributed by atoms with Crippen LogP contribution in [0.4, 0.5) is 11.4 Å². The minimum Gasteiger partial charge on any atom is -0.294 e. The lowest BCUT2D eigenvalue weighted by molar-refractivity contribution is -0.119. The number of ketones is 1. The molecule has 0 atom stereocenters. The SMILES string of the molecule is CC1(CC(=O)c2ccc3c(c2)C2(CC2)C(=O)N3c2ccccc2)CS(=O)(=O)C1. The number of amides is 1. The van der Waals surface area contributed by atoms with E-state index in [1.165, 1.54) is 0 Å². The van der Waals surface area contributed by atoms with Crippen LogP contribution in [-0.2, 0) is 20.0 Å². The summed E-state index contributed by atoms with van der Waals surface area (Å²) in [6.07, 6.45) is 1.82. The van der Waals surface area contributed by atoms with E-state index >= 15 is 0 Å². The number of fused-ring (bicyclic) bond motifs is 2. The molecule has 1 amide bonds. The fourth-order valence-electron chi connectivity index (χ4n) is 4.78. The van der Waals surface area contributed by atoms with Crippen molar-refractivity contribution in [2.24, 2.45) is 5.41 Å². The fourth-order valence-corrected chi connectivity index (χ4v) is 7.02. The molecule has 144 valence electrons. The molecule has 2 aromatic rings. The summed E-state index contributed by atoms with van der Waals surface area (Å²) in [5.74, 6) is 0.166. The standard InChI is InChI=1S/C22H21NO4S/c1-21(13-28(26,27)14-21)12-19(24)15-7-8-18-17(11-15)22(9-10-22)20(25)23(18)16-5-3-2-4-6-16/h2-8,11H,9-10,12-14H2,1H3. The zero-order valence-electron chi connectivity index (χ0n) is 15.6. The van der Waals surface area contributed by atoms with Crippen LogP contribution in [0.1, 0.15) is 42.1 Å². The average Bonchev–Trinajstić information content (AvgIpc) is 3.38. The Morgan fingerprint density at radius 2 is 1.75 bits per heavy atom. The molecule has 0 bridgehead atoms. The minimum atomic E-state index is -2.98. The summed E-state index contributed by atoms with van der Waals surface area (Å²) in [7, 11) is -2.98. The van der Waals surface area contributed by atoms with Crippen LogP contribution in [-0.4, -0.2) is 31.6 Å². The average molecular weight is 395 g/mol. The lowest BCUT2D eigenvalue weighted by Gasteiger charge is -2.37. The van der Waals surface area contributed by atoms with Crippen molar-refractivity contribution in [1.82, 2.24) is 0 Å². The second-order valence-electron chi connectivity index (χ2n) is 8.73. The van der Waals surface area contributed by atoms with Crippen LogP contribution < -0.4 is 4.90 Å². The van der Waals surface area contributed by atoms with Crippen LogP contribution in [0.2, 0.25) is 0 Å². The first-order valence-electron chi connectivity index (χ1n) is 9.51. The van der Waals surface area contributed by atoms with Crippen molar-refractivity contribution in [1.29, 1.82) is 0 Å². The number of carbonyl (C=O) groups excluding carboxylic acids is 2. The number of hydrogen-bond acceptors (Lipinski definition) is 4. The predicted molar refractivity (Wildman–Crippen MR) is 107 cm³/mol. The molecule has 5 rings (SSSR count). The van der Waals surface area contributed by atoms with Crippen molar-refractivity contribution in [3.05, 3.63) is 59.7 Å². The van der Waals surface area contributed by atoms with Gasteiger partial charge in [-0.25, -0.2) is 8.42 Å². The van der Waals surface area contributed by atoms with E-state index in [4.69, 9.17) is 0 Å². The van der Waals surface area contributed by atoms with Crippen LogP contribution >= 0.6 is 0 Å². The van der Waals surface area contributed by atoms with Gasteiger partial charge < -0.3 is 0 Å². The van der Waals surface area contributed by atoms with Gasteiger partial charge in [0.25, 0.3) is 0 Å². The third-order valence-corrected chi connectivity index (χ3v) is 8.45. The van der Waals surface area contributed by atoms with Crippen molar-refractivity contribution < 1.29 is 18.0 Å². The Morgan fingerprint density at radius 3 is 2.36 bits per heavy atom. The van der Waals surface area contributed by atoms with Gasteiger partial charge in [-0.2, -0.15) is 0 Å². The molecule has 0 aromatic heterocycles. The Bertz CT molecular complexity index is 1100. The Kier molecular flexibility index (Phi) is 3.48. The number of hydrogen-bond donors (Lipinski definition) is 0. The van der Waals surface area contributed by atoms with Crippen LogP contribution in [0, 0.1) is 5.41 Å². The van der Waals surface area contributed by atoms with E-state index in [2.05, 4.69) is 0 Å². The number of sulfone groups is 1. The number of anilines is 2. The molecule has 1 saturated heterocycles. The van der Waals surface area contributed by atoms with Gasteiger partial charge >= 0.3 is 0 Å². The maximum Gasteiger partial charge on any atom is 0.242 e. The van der Waals surface area contributed by atoms with Crippen LogP contribution in [0.5, 0.6) is 0 Å². The third kappa shape index (κ3) is 2.54. The molecule has 1 saturated carbocycles. The monoisotopic (exact) mass is 395 g/mol. The van der Waals surface area contributed by atoms with Crippen LogP contribution in [0.25, 0.3) is 0 Å². The van der Waals surface area contributed by atoms with Gasteiger partial charge in [0.05, 0.1) is 22.6 Å². The fraction of sp³-hybridized carbons (Fsp3) is 0.364. The van der Waals surface area contributed by atoms with Gasteiger partial charge in [-0.05, 0) is 48.7 Å². The molecule has 0 unspecified atom stereocenters. The Morgan fingerprint density at radius 1 is 1.07 bits per heavy atom. The number of para-hydroxylation sites is 1. The van der Waals surface area contributed by atoms with Gasteiger partial charge in [0.1, 0.15) is 0 Å². The normalized spacial score (nSPS) is 22.6. The molecule has 0 N–H and O–H groups in total. The molecule has 28 heavy (non-hydrogen) atoms. The van der Waals surface area contributed by atoms with E-state index in [1.807, 2.05) is 49.4 Å². The highest BCUT2D eigenvalue weighted by Gasteiger charge is 2.59. The van der Waals surface area contributed by atoms with Gasteiger partial charge in [0, 0.05) is 23.1 Å². The number of carbonyl (C=O) groups is 2. The Hall–Kier alpha value is -2.47. The molecule has 5 nitrogen and oxygen atoms in total. The van der Waals surface area contributed by atoms with Gasteiger partial charge in [-0.3, -0.25) is 14.5 Å². The Labute approximate surface area is 164 Å². The molecular weight excluding hydrogens is 374 g/mol. The first-order chi connectivity index (χ1) is 13.2. The summed E-state index contributed by atoms with van der Waals surface area (Å²) < 4.78 is 23.0. The zero-order valence-corrected chi connectivity index (χ0v) is 16.5. The first kappa shape index (κ1) is 17.6. The molecule has 2 fully saturated rings. The summed E-state index contributed by atoms with van der Waals surface area (Å²) in [5.41, 5.74) is 2.21. The topological polar surface area (TPSA) is 71.5 Å². The van der Waals surface area contributed by atoms with Crippen molar-refractivity contribution in [3.63, 3.8) is 0 Å². The molecule has 2 aromatic carbocycles. The van der Waals surface area contributed by atoms with E-state index in [0.29, 0.717) is 5.56 Å². The quantitative estimate of drug-likeness (QED) is 0.744. The van der Waals surface area contributed by atoms with Gasteiger partial charge in [-0.1, -0.05) is 25.1 Å².